The molecule has 0 aromatic heterocycles. The summed E-state index contributed by atoms with van der Waals surface area (Å²) in [5.41, 5.74) is 0.0177. The van der Waals surface area contributed by atoms with Crippen LogP contribution in [0.1, 0.15) is 52.9 Å². The van der Waals surface area contributed by atoms with Gasteiger partial charge in [-0.3, -0.25) is 0 Å². The van der Waals surface area contributed by atoms with E-state index in [0.717, 1.165) is 32.7 Å². The van der Waals surface area contributed by atoms with E-state index in [0.29, 0.717) is 5.92 Å². The summed E-state index contributed by atoms with van der Waals surface area (Å²) in [5, 5.41) is 0. The number of ether oxygens (including phenoxy) is 3. The van der Waals surface area contributed by atoms with Gasteiger partial charge in [0.2, 0.25) is 0 Å². The van der Waals surface area contributed by atoms with Crippen LogP contribution in [0.2, 0.25) is 0 Å². The highest BCUT2D eigenvalue weighted by Gasteiger charge is 2.43. The molecular weight excluding hydrogens is 240 g/mol. The highest BCUT2D eigenvalue weighted by Crippen LogP contribution is 2.43. The van der Waals surface area contributed by atoms with Gasteiger partial charge in [-0.2, -0.15) is 0 Å². The number of hydrogen-bond acceptors (Lipinski definition) is 3. The molecule has 0 aromatic rings. The molecule has 0 unspecified atom stereocenters. The summed E-state index contributed by atoms with van der Waals surface area (Å²) in [5.74, 6) is 0.686. The first-order valence-electron chi connectivity index (χ1n) is 7.67. The lowest BCUT2D eigenvalue weighted by Crippen LogP contribution is -2.48. The van der Waals surface area contributed by atoms with Crippen LogP contribution < -0.4 is 0 Å². The number of methoxy groups -OCH3 is 2. The highest BCUT2D eigenvalue weighted by molar-refractivity contribution is 4.92. The van der Waals surface area contributed by atoms with Crippen LogP contribution in [0.4, 0.5) is 0 Å². The molecule has 0 N–H and O–H groups in total. The van der Waals surface area contributed by atoms with E-state index in [1.165, 1.54) is 19.3 Å². The van der Waals surface area contributed by atoms with Crippen molar-refractivity contribution < 1.29 is 14.2 Å². The van der Waals surface area contributed by atoms with Gasteiger partial charge in [0, 0.05) is 19.6 Å². The Labute approximate surface area is 119 Å². The molecule has 1 aliphatic carbocycles. The SMILES string of the molecule is CCC(C)(CC)OCC(COC)(COC)C1CCC1. The molecule has 0 aliphatic heterocycles. The minimum atomic E-state index is -0.0174. The molecule has 0 radical (unpaired) electrons. The monoisotopic (exact) mass is 272 g/mol. The molecule has 3 heteroatoms. The smallest absolute Gasteiger partial charge is 0.0649 e. The lowest BCUT2D eigenvalue weighted by Gasteiger charge is -2.46. The topological polar surface area (TPSA) is 27.7 Å². The molecule has 0 atom stereocenters. The van der Waals surface area contributed by atoms with Crippen molar-refractivity contribution in [2.24, 2.45) is 11.3 Å². The first-order valence-corrected chi connectivity index (χ1v) is 7.67. The Hall–Kier alpha value is -0.120. The van der Waals surface area contributed by atoms with Crippen LogP contribution in [0, 0.1) is 11.3 Å². The van der Waals surface area contributed by atoms with Gasteiger partial charge in [0.25, 0.3) is 0 Å². The normalized spacial score (nSPS) is 17.5. The molecule has 0 amide bonds. The fourth-order valence-corrected chi connectivity index (χ4v) is 2.85. The zero-order chi connectivity index (χ0) is 14.4. The minimum absolute atomic E-state index is 0.0174. The standard InChI is InChI=1S/C16H32O3/c1-6-15(3,7-2)19-13-16(11-17-4,12-18-5)14-9-8-10-14/h14H,6-13H2,1-5H3. The number of rotatable bonds is 10. The molecule has 1 aliphatic rings. The van der Waals surface area contributed by atoms with Gasteiger partial charge in [0.05, 0.1) is 25.4 Å². The van der Waals surface area contributed by atoms with Gasteiger partial charge in [-0.15, -0.1) is 0 Å². The van der Waals surface area contributed by atoms with E-state index in [4.69, 9.17) is 14.2 Å². The molecule has 19 heavy (non-hydrogen) atoms. The van der Waals surface area contributed by atoms with Crippen molar-refractivity contribution >= 4 is 0 Å². The van der Waals surface area contributed by atoms with Crippen molar-refractivity contribution in [2.75, 3.05) is 34.0 Å². The van der Waals surface area contributed by atoms with E-state index in [2.05, 4.69) is 20.8 Å². The van der Waals surface area contributed by atoms with Crippen molar-refractivity contribution in [3.8, 4) is 0 Å². The Morgan fingerprint density at radius 2 is 1.47 bits per heavy atom. The molecule has 0 aromatic carbocycles. The van der Waals surface area contributed by atoms with Gasteiger partial charge in [0.1, 0.15) is 0 Å². The first kappa shape index (κ1) is 16.9. The molecule has 0 saturated heterocycles. The van der Waals surface area contributed by atoms with E-state index < -0.39 is 0 Å². The largest absolute Gasteiger partial charge is 0.384 e. The Balaban J connectivity index is 2.71. The average Bonchev–Trinajstić information content (AvgIpc) is 2.34. The van der Waals surface area contributed by atoms with E-state index >= 15 is 0 Å². The second kappa shape index (κ2) is 7.61. The van der Waals surface area contributed by atoms with Crippen molar-refractivity contribution in [2.45, 2.75) is 58.5 Å². The molecule has 1 saturated carbocycles. The van der Waals surface area contributed by atoms with Gasteiger partial charge >= 0.3 is 0 Å². The van der Waals surface area contributed by atoms with Gasteiger partial charge in [0.15, 0.2) is 0 Å². The van der Waals surface area contributed by atoms with Crippen LogP contribution in [0.15, 0.2) is 0 Å². The lowest BCUT2D eigenvalue weighted by molar-refractivity contribution is -0.144. The van der Waals surface area contributed by atoms with Crippen molar-refractivity contribution in [1.29, 1.82) is 0 Å². The van der Waals surface area contributed by atoms with Crippen LogP contribution in [-0.2, 0) is 14.2 Å². The van der Waals surface area contributed by atoms with Gasteiger partial charge in [-0.25, -0.2) is 0 Å². The highest BCUT2D eigenvalue weighted by atomic mass is 16.5. The zero-order valence-corrected chi connectivity index (χ0v) is 13.5. The third-order valence-electron chi connectivity index (χ3n) is 5.04. The molecule has 1 fully saturated rings. The minimum Gasteiger partial charge on any atom is -0.384 e. The van der Waals surface area contributed by atoms with E-state index in [-0.39, 0.29) is 11.0 Å². The Bertz CT molecular complexity index is 238. The molecule has 0 spiro atoms. The first-order chi connectivity index (χ1) is 9.05. The van der Waals surface area contributed by atoms with Crippen LogP contribution in [0.5, 0.6) is 0 Å². The Kier molecular flexibility index (Phi) is 6.78. The van der Waals surface area contributed by atoms with Crippen LogP contribution in [0.3, 0.4) is 0 Å². The maximum Gasteiger partial charge on any atom is 0.0649 e. The summed E-state index contributed by atoms with van der Waals surface area (Å²) in [4.78, 5) is 0. The maximum atomic E-state index is 6.30. The summed E-state index contributed by atoms with van der Waals surface area (Å²) in [6, 6.07) is 0. The summed E-state index contributed by atoms with van der Waals surface area (Å²) in [7, 11) is 3.56. The van der Waals surface area contributed by atoms with E-state index in [1.807, 2.05) is 0 Å². The van der Waals surface area contributed by atoms with Gasteiger partial charge in [-0.1, -0.05) is 20.3 Å². The zero-order valence-electron chi connectivity index (χ0n) is 13.5. The van der Waals surface area contributed by atoms with E-state index in [9.17, 15) is 0 Å². The van der Waals surface area contributed by atoms with Gasteiger partial charge in [-0.05, 0) is 38.5 Å². The predicted molar refractivity (Wildman–Crippen MR) is 78.5 cm³/mol. The fourth-order valence-electron chi connectivity index (χ4n) is 2.85. The molecule has 114 valence electrons. The number of hydrogen-bond donors (Lipinski definition) is 0. The third kappa shape index (κ3) is 4.17. The summed E-state index contributed by atoms with van der Waals surface area (Å²) in [6.07, 6.45) is 5.99. The quantitative estimate of drug-likeness (QED) is 0.607. The summed E-state index contributed by atoms with van der Waals surface area (Å²) < 4.78 is 17.3. The van der Waals surface area contributed by atoms with Crippen LogP contribution in [0.25, 0.3) is 0 Å². The Morgan fingerprint density at radius 1 is 0.947 bits per heavy atom. The maximum absolute atomic E-state index is 6.30. The third-order valence-corrected chi connectivity index (χ3v) is 5.04. The van der Waals surface area contributed by atoms with Crippen molar-refractivity contribution in [1.82, 2.24) is 0 Å². The van der Waals surface area contributed by atoms with E-state index in [1.54, 1.807) is 14.2 Å². The van der Waals surface area contributed by atoms with Crippen molar-refractivity contribution in [3.63, 3.8) is 0 Å². The molecule has 0 bridgehead atoms. The second-order valence-corrected chi connectivity index (χ2v) is 6.30. The second-order valence-electron chi connectivity index (χ2n) is 6.30. The average molecular weight is 272 g/mol. The fraction of sp³-hybridized carbons (Fsp3) is 1.00. The summed E-state index contributed by atoms with van der Waals surface area (Å²) in [6.45, 7) is 8.81. The molecular formula is C16H32O3. The molecule has 3 nitrogen and oxygen atoms in total. The van der Waals surface area contributed by atoms with Gasteiger partial charge < -0.3 is 14.2 Å². The van der Waals surface area contributed by atoms with Crippen LogP contribution in [-0.4, -0.2) is 39.6 Å². The predicted octanol–water partition coefficient (Wildman–Crippen LogP) is 3.66. The molecule has 1 rings (SSSR count). The van der Waals surface area contributed by atoms with Crippen molar-refractivity contribution in [3.05, 3.63) is 0 Å². The summed E-state index contributed by atoms with van der Waals surface area (Å²) >= 11 is 0. The molecule has 0 heterocycles. The Morgan fingerprint density at radius 3 is 1.79 bits per heavy atom. The lowest BCUT2D eigenvalue weighted by atomic mass is 9.66. The van der Waals surface area contributed by atoms with Crippen LogP contribution >= 0.6 is 0 Å².